The largest absolute Gasteiger partial charge is 0.347 e. The molecule has 28 heavy (non-hydrogen) atoms. The monoisotopic (exact) mass is 401 g/mol. The number of nitrogens with zero attached hydrogens (tertiary/aromatic N) is 3. The summed E-state index contributed by atoms with van der Waals surface area (Å²) in [6, 6.07) is 13.4. The van der Waals surface area contributed by atoms with Crippen LogP contribution in [0.2, 0.25) is 0 Å². The van der Waals surface area contributed by atoms with E-state index in [1.54, 1.807) is 32.3 Å². The van der Waals surface area contributed by atoms with E-state index in [1.807, 2.05) is 18.2 Å². The second-order valence-corrected chi connectivity index (χ2v) is 8.80. The molecule has 0 radical (unpaired) electrons. The number of rotatable bonds is 5. The van der Waals surface area contributed by atoms with Gasteiger partial charge in [0, 0.05) is 33.3 Å². The van der Waals surface area contributed by atoms with Crippen LogP contribution < -0.4 is 4.31 Å². The molecule has 0 aliphatic carbocycles. The molecule has 1 heterocycles. The third kappa shape index (κ3) is 3.73. The number of carbonyl (C=O) groups excluding carboxylic acids is 2. The maximum Gasteiger partial charge on any atom is 0.264 e. The Morgan fingerprint density at radius 1 is 1.04 bits per heavy atom. The number of sulfonamides is 1. The highest BCUT2D eigenvalue weighted by Gasteiger charge is 2.31. The molecule has 7 nitrogen and oxygen atoms in total. The first-order chi connectivity index (χ1) is 13.2. The fraction of sp³-hybridized carbons (Fsp3) is 0.300. The maximum atomic E-state index is 13.1. The van der Waals surface area contributed by atoms with Gasteiger partial charge in [0.1, 0.15) is 0 Å². The van der Waals surface area contributed by atoms with Gasteiger partial charge in [-0.1, -0.05) is 24.3 Å². The molecule has 2 aromatic rings. The number of benzene rings is 2. The van der Waals surface area contributed by atoms with Crippen LogP contribution in [0.3, 0.4) is 0 Å². The number of para-hydroxylation sites is 1. The summed E-state index contributed by atoms with van der Waals surface area (Å²) in [4.78, 5) is 27.2. The van der Waals surface area contributed by atoms with E-state index in [1.165, 1.54) is 33.3 Å². The van der Waals surface area contributed by atoms with Crippen molar-refractivity contribution in [3.63, 3.8) is 0 Å². The van der Waals surface area contributed by atoms with Crippen LogP contribution in [0.4, 0.5) is 5.69 Å². The molecule has 8 heteroatoms. The smallest absolute Gasteiger partial charge is 0.264 e. The third-order valence-electron chi connectivity index (χ3n) is 4.73. The van der Waals surface area contributed by atoms with E-state index in [9.17, 15) is 18.0 Å². The normalized spacial score (nSPS) is 13.2. The Bertz CT molecular complexity index is 1020. The average Bonchev–Trinajstić information content (AvgIpc) is 3.12. The van der Waals surface area contributed by atoms with Crippen molar-refractivity contribution < 1.29 is 18.0 Å². The molecule has 0 atom stereocenters. The fourth-order valence-corrected chi connectivity index (χ4v) is 4.66. The zero-order valence-electron chi connectivity index (χ0n) is 16.1. The van der Waals surface area contributed by atoms with Gasteiger partial charge in [-0.2, -0.15) is 0 Å². The highest BCUT2D eigenvalue weighted by atomic mass is 32.2. The summed E-state index contributed by atoms with van der Waals surface area (Å²) >= 11 is 0. The molecule has 148 valence electrons. The zero-order chi connectivity index (χ0) is 20.5. The predicted molar refractivity (Wildman–Crippen MR) is 107 cm³/mol. The Morgan fingerprint density at radius 2 is 1.75 bits per heavy atom. The molecular weight excluding hydrogens is 378 g/mol. The first-order valence-corrected chi connectivity index (χ1v) is 10.3. The lowest BCUT2D eigenvalue weighted by Crippen LogP contribution is -2.37. The van der Waals surface area contributed by atoms with Crippen molar-refractivity contribution in [3.8, 4) is 0 Å². The van der Waals surface area contributed by atoms with Crippen molar-refractivity contribution in [1.29, 1.82) is 0 Å². The van der Waals surface area contributed by atoms with Crippen molar-refractivity contribution in [2.24, 2.45) is 0 Å². The van der Waals surface area contributed by atoms with Gasteiger partial charge in [-0.25, -0.2) is 8.42 Å². The molecule has 3 rings (SSSR count). The number of fused-ring (bicyclic) bond motifs is 1. The maximum absolute atomic E-state index is 13.1. The molecule has 0 bridgehead atoms. The SMILES string of the molecule is CN(C)C(=O)CN(C)C(=O)c1cccc(S(=O)(=O)N2CCc3ccccc32)c1. The van der Waals surface area contributed by atoms with Gasteiger partial charge in [0.25, 0.3) is 15.9 Å². The van der Waals surface area contributed by atoms with Crippen LogP contribution in [-0.2, 0) is 21.2 Å². The van der Waals surface area contributed by atoms with E-state index in [2.05, 4.69) is 0 Å². The number of anilines is 1. The van der Waals surface area contributed by atoms with E-state index in [0.717, 1.165) is 5.56 Å². The van der Waals surface area contributed by atoms with Crippen LogP contribution in [-0.4, -0.2) is 64.3 Å². The Labute approximate surface area is 165 Å². The minimum Gasteiger partial charge on any atom is -0.347 e. The summed E-state index contributed by atoms with van der Waals surface area (Å²) in [5.74, 6) is -0.623. The molecule has 0 N–H and O–H groups in total. The molecule has 1 aliphatic rings. The molecule has 0 saturated heterocycles. The van der Waals surface area contributed by atoms with Crippen molar-refractivity contribution in [3.05, 3.63) is 59.7 Å². The first-order valence-electron chi connectivity index (χ1n) is 8.88. The highest BCUT2D eigenvalue weighted by Crippen LogP contribution is 2.32. The van der Waals surface area contributed by atoms with Crippen LogP contribution in [0.5, 0.6) is 0 Å². The van der Waals surface area contributed by atoms with Crippen LogP contribution in [0.25, 0.3) is 0 Å². The lowest BCUT2D eigenvalue weighted by molar-refractivity contribution is -0.129. The number of hydrogen-bond donors (Lipinski definition) is 0. The summed E-state index contributed by atoms with van der Waals surface area (Å²) in [5.41, 5.74) is 1.88. The molecular formula is C20H23N3O4S. The van der Waals surface area contributed by atoms with Crippen LogP contribution in [0.1, 0.15) is 15.9 Å². The molecule has 0 aromatic heterocycles. The van der Waals surface area contributed by atoms with Gasteiger partial charge in [-0.3, -0.25) is 13.9 Å². The topological polar surface area (TPSA) is 78.0 Å². The number of amides is 2. The quantitative estimate of drug-likeness (QED) is 0.762. The number of hydrogen-bond acceptors (Lipinski definition) is 4. The Kier molecular flexibility index (Phi) is 5.42. The third-order valence-corrected chi connectivity index (χ3v) is 6.54. The second-order valence-electron chi connectivity index (χ2n) is 6.93. The molecule has 0 saturated carbocycles. The van der Waals surface area contributed by atoms with E-state index in [0.29, 0.717) is 18.7 Å². The number of likely N-dealkylation sites (N-methyl/N-ethyl adjacent to an activating group) is 2. The van der Waals surface area contributed by atoms with Crippen molar-refractivity contribution >= 4 is 27.5 Å². The molecule has 2 amide bonds. The van der Waals surface area contributed by atoms with Crippen LogP contribution in [0, 0.1) is 0 Å². The fourth-order valence-electron chi connectivity index (χ4n) is 3.11. The van der Waals surface area contributed by atoms with Gasteiger partial charge < -0.3 is 9.80 Å². The first kappa shape index (κ1) is 19.9. The standard InChI is InChI=1S/C20H23N3O4S/c1-21(2)19(24)14-22(3)20(25)16-8-6-9-17(13-16)28(26,27)23-12-11-15-7-4-5-10-18(15)23/h4-10,13H,11-12,14H2,1-3H3. The Morgan fingerprint density at radius 3 is 2.46 bits per heavy atom. The Balaban J connectivity index is 1.87. The summed E-state index contributed by atoms with van der Waals surface area (Å²) in [5, 5.41) is 0. The lowest BCUT2D eigenvalue weighted by atomic mass is 10.2. The van der Waals surface area contributed by atoms with Gasteiger partial charge in [0.05, 0.1) is 17.1 Å². The second kappa shape index (κ2) is 7.63. The minimum atomic E-state index is -3.78. The van der Waals surface area contributed by atoms with Gasteiger partial charge in [0.15, 0.2) is 0 Å². The van der Waals surface area contributed by atoms with Gasteiger partial charge in [0.2, 0.25) is 5.91 Å². The van der Waals surface area contributed by atoms with Crippen LogP contribution in [0.15, 0.2) is 53.4 Å². The summed E-state index contributed by atoms with van der Waals surface area (Å²) < 4.78 is 27.7. The van der Waals surface area contributed by atoms with Gasteiger partial charge >= 0.3 is 0 Å². The van der Waals surface area contributed by atoms with E-state index < -0.39 is 15.9 Å². The number of carbonyl (C=O) groups is 2. The van der Waals surface area contributed by atoms with Crippen molar-refractivity contribution in [2.75, 3.05) is 38.5 Å². The minimum absolute atomic E-state index is 0.0578. The molecule has 0 unspecified atom stereocenters. The van der Waals surface area contributed by atoms with E-state index in [-0.39, 0.29) is 22.9 Å². The van der Waals surface area contributed by atoms with Gasteiger partial charge in [-0.05, 0) is 36.2 Å². The van der Waals surface area contributed by atoms with Crippen molar-refractivity contribution in [1.82, 2.24) is 9.80 Å². The van der Waals surface area contributed by atoms with E-state index >= 15 is 0 Å². The average molecular weight is 401 g/mol. The highest BCUT2D eigenvalue weighted by molar-refractivity contribution is 7.92. The lowest BCUT2D eigenvalue weighted by Gasteiger charge is -2.21. The predicted octanol–water partition coefficient (Wildman–Crippen LogP) is 1.60. The van der Waals surface area contributed by atoms with E-state index in [4.69, 9.17) is 0 Å². The summed E-state index contributed by atoms with van der Waals surface area (Å²) in [6.45, 7) is 0.291. The summed E-state index contributed by atoms with van der Waals surface area (Å²) in [7, 11) is 0.958. The van der Waals surface area contributed by atoms with Gasteiger partial charge in [-0.15, -0.1) is 0 Å². The summed E-state index contributed by atoms with van der Waals surface area (Å²) in [6.07, 6.45) is 0.656. The molecule has 1 aliphatic heterocycles. The van der Waals surface area contributed by atoms with Crippen molar-refractivity contribution in [2.45, 2.75) is 11.3 Å². The van der Waals surface area contributed by atoms with Crippen LogP contribution >= 0.6 is 0 Å². The molecule has 0 fully saturated rings. The Hall–Kier alpha value is -2.87. The zero-order valence-corrected chi connectivity index (χ0v) is 16.9. The molecule has 0 spiro atoms. The molecule has 2 aromatic carbocycles.